The van der Waals surface area contributed by atoms with Crippen molar-refractivity contribution in [2.75, 3.05) is 16.8 Å². The monoisotopic (exact) mass is 404 g/mol. The van der Waals surface area contributed by atoms with Gasteiger partial charge in [-0.3, -0.25) is 14.5 Å². The van der Waals surface area contributed by atoms with E-state index in [0.717, 1.165) is 16.8 Å². The van der Waals surface area contributed by atoms with Gasteiger partial charge in [-0.1, -0.05) is 43.0 Å². The molecular weight excluding hydrogens is 383 g/mol. The van der Waals surface area contributed by atoms with Crippen LogP contribution in [0, 0.1) is 0 Å². The largest absolute Gasteiger partial charge is 0.320 e. The van der Waals surface area contributed by atoms with E-state index in [1.807, 2.05) is 49.4 Å². The molecule has 1 unspecified atom stereocenters. The maximum absolute atomic E-state index is 13.3. The number of hydrogen-bond donors (Lipinski definition) is 1. The third kappa shape index (κ3) is 3.39. The van der Waals surface area contributed by atoms with E-state index in [9.17, 15) is 14.0 Å². The molecule has 2 heterocycles. The van der Waals surface area contributed by atoms with Gasteiger partial charge in [-0.25, -0.2) is 9.07 Å². The molecule has 0 saturated carbocycles. The predicted octanol–water partition coefficient (Wildman–Crippen LogP) is 4.18. The van der Waals surface area contributed by atoms with Gasteiger partial charge in [0.25, 0.3) is 5.91 Å². The summed E-state index contributed by atoms with van der Waals surface area (Å²) in [6.07, 6.45) is 1.99. The summed E-state index contributed by atoms with van der Waals surface area (Å²) < 4.78 is 15.0. The second-order valence-electron chi connectivity index (χ2n) is 7.01. The van der Waals surface area contributed by atoms with Gasteiger partial charge < -0.3 is 5.32 Å². The summed E-state index contributed by atoms with van der Waals surface area (Å²) in [6, 6.07) is 16.7. The number of fused-ring (bicyclic) bond motifs is 1. The molecule has 0 bridgehead atoms. The zero-order valence-electron chi connectivity index (χ0n) is 16.5. The molecule has 1 aliphatic rings. The lowest BCUT2D eigenvalue weighted by molar-refractivity contribution is -0.119. The molecule has 4 rings (SSSR count). The number of benzene rings is 2. The molecule has 30 heavy (non-hydrogen) atoms. The number of carbonyl (C=O) groups excluding carboxylic acids is 2. The van der Waals surface area contributed by atoms with Crippen molar-refractivity contribution in [2.45, 2.75) is 19.3 Å². The number of hydrogen-bond acceptors (Lipinski definition) is 3. The molecule has 152 valence electrons. The number of nitrogens with zero attached hydrogens (tertiary/aromatic N) is 3. The van der Waals surface area contributed by atoms with Gasteiger partial charge in [0.1, 0.15) is 5.82 Å². The normalized spacial score (nSPS) is 15.6. The Morgan fingerprint density at radius 2 is 1.87 bits per heavy atom. The minimum atomic E-state index is -1.07. The van der Waals surface area contributed by atoms with Crippen LogP contribution in [0.2, 0.25) is 0 Å². The number of amides is 2. The van der Waals surface area contributed by atoms with Gasteiger partial charge in [-0.15, -0.1) is 0 Å². The van der Waals surface area contributed by atoms with Crippen LogP contribution in [-0.4, -0.2) is 28.1 Å². The van der Waals surface area contributed by atoms with Crippen molar-refractivity contribution < 1.29 is 14.0 Å². The summed E-state index contributed by atoms with van der Waals surface area (Å²) in [6.45, 7) is 5.48. The van der Waals surface area contributed by atoms with Gasteiger partial charge in [0.15, 0.2) is 5.83 Å². The second-order valence-corrected chi connectivity index (χ2v) is 7.01. The molecule has 1 aliphatic heterocycles. The van der Waals surface area contributed by atoms with Crippen molar-refractivity contribution in [1.82, 2.24) is 9.78 Å². The molecule has 2 aromatic carbocycles. The Hall–Kier alpha value is -3.74. The highest BCUT2D eigenvalue weighted by Crippen LogP contribution is 2.43. The molecule has 0 radical (unpaired) electrons. The molecule has 1 N–H and O–H groups in total. The van der Waals surface area contributed by atoms with E-state index >= 15 is 0 Å². The number of halogens is 1. The number of nitrogens with one attached hydrogen (secondary N) is 1. The topological polar surface area (TPSA) is 67.2 Å². The smallest absolute Gasteiger partial charge is 0.283 e. The summed E-state index contributed by atoms with van der Waals surface area (Å²) in [5.41, 5.74) is 2.90. The predicted molar refractivity (Wildman–Crippen MR) is 113 cm³/mol. The van der Waals surface area contributed by atoms with Crippen LogP contribution in [0.25, 0.3) is 5.69 Å². The number of para-hydroxylation sites is 2. The van der Waals surface area contributed by atoms with E-state index in [2.05, 4.69) is 17.0 Å². The number of rotatable bonds is 5. The zero-order chi connectivity index (χ0) is 21.3. The third-order valence-electron chi connectivity index (χ3n) is 5.23. The van der Waals surface area contributed by atoms with Crippen LogP contribution in [0.1, 0.15) is 30.4 Å². The fourth-order valence-corrected chi connectivity index (χ4v) is 3.85. The lowest BCUT2D eigenvalue weighted by Gasteiger charge is -2.32. The minimum absolute atomic E-state index is 0.0382. The van der Waals surface area contributed by atoms with Crippen molar-refractivity contribution in [2.24, 2.45) is 0 Å². The van der Waals surface area contributed by atoms with E-state index in [4.69, 9.17) is 0 Å². The molecule has 1 atom stereocenters. The first-order valence-corrected chi connectivity index (χ1v) is 9.69. The van der Waals surface area contributed by atoms with E-state index in [1.54, 1.807) is 27.9 Å². The van der Waals surface area contributed by atoms with Crippen LogP contribution >= 0.6 is 0 Å². The standard InChI is InChI=1S/C23H21FN4O2/c1-3-27-21(29)13-18(17-11-7-8-12-20(17)26-22(30)15(2)24)19-14-25-28(23(19)27)16-9-5-4-6-10-16/h4-12,14,18H,2-3,13H2,1H3,(H,26,30). The highest BCUT2D eigenvalue weighted by molar-refractivity contribution is 6.02. The third-order valence-corrected chi connectivity index (χ3v) is 5.23. The highest BCUT2D eigenvalue weighted by atomic mass is 19.1. The summed E-state index contributed by atoms with van der Waals surface area (Å²) in [5, 5.41) is 7.11. The maximum Gasteiger partial charge on any atom is 0.283 e. The van der Waals surface area contributed by atoms with Crippen molar-refractivity contribution in [1.29, 1.82) is 0 Å². The molecule has 0 fully saturated rings. The molecule has 1 aromatic heterocycles. The Morgan fingerprint density at radius 3 is 2.57 bits per heavy atom. The minimum Gasteiger partial charge on any atom is -0.320 e. The Balaban J connectivity index is 1.84. The summed E-state index contributed by atoms with van der Waals surface area (Å²) in [7, 11) is 0. The van der Waals surface area contributed by atoms with Crippen LogP contribution in [0.3, 0.4) is 0 Å². The van der Waals surface area contributed by atoms with Gasteiger partial charge in [-0.05, 0) is 30.7 Å². The Morgan fingerprint density at radius 1 is 1.17 bits per heavy atom. The van der Waals surface area contributed by atoms with E-state index in [1.165, 1.54) is 0 Å². The molecule has 6 nitrogen and oxygen atoms in total. The first-order chi connectivity index (χ1) is 14.5. The van der Waals surface area contributed by atoms with E-state index < -0.39 is 11.7 Å². The average Bonchev–Trinajstić information content (AvgIpc) is 3.19. The molecule has 0 spiro atoms. The van der Waals surface area contributed by atoms with Gasteiger partial charge in [-0.2, -0.15) is 5.10 Å². The average molecular weight is 404 g/mol. The van der Waals surface area contributed by atoms with Crippen LogP contribution in [0.5, 0.6) is 0 Å². The molecular formula is C23H21FN4O2. The SMILES string of the molecule is C=C(F)C(=O)Nc1ccccc1C1CC(=O)N(CC)c2c1cnn2-c1ccccc1. The summed E-state index contributed by atoms with van der Waals surface area (Å²) in [5.74, 6) is -1.62. The van der Waals surface area contributed by atoms with Crippen molar-refractivity contribution >= 4 is 23.3 Å². The Labute approximate surface area is 173 Å². The Bertz CT molecular complexity index is 1120. The lowest BCUT2D eigenvalue weighted by Crippen LogP contribution is -2.38. The van der Waals surface area contributed by atoms with Crippen LogP contribution in [0.4, 0.5) is 15.9 Å². The summed E-state index contributed by atoms with van der Waals surface area (Å²) >= 11 is 0. The van der Waals surface area contributed by atoms with E-state index in [-0.39, 0.29) is 18.2 Å². The van der Waals surface area contributed by atoms with Crippen molar-refractivity contribution in [3.05, 3.63) is 84.3 Å². The fourth-order valence-electron chi connectivity index (χ4n) is 3.85. The van der Waals surface area contributed by atoms with Gasteiger partial charge in [0, 0.05) is 30.1 Å². The molecule has 2 amide bonds. The van der Waals surface area contributed by atoms with Crippen LogP contribution in [-0.2, 0) is 9.59 Å². The number of aromatic nitrogens is 2. The number of anilines is 2. The van der Waals surface area contributed by atoms with Gasteiger partial charge in [0.05, 0.1) is 11.9 Å². The molecule has 7 heteroatoms. The Kier molecular flexibility index (Phi) is 5.18. The zero-order valence-corrected chi connectivity index (χ0v) is 16.5. The lowest BCUT2D eigenvalue weighted by atomic mass is 9.85. The van der Waals surface area contributed by atoms with Crippen molar-refractivity contribution in [3.63, 3.8) is 0 Å². The van der Waals surface area contributed by atoms with Crippen LogP contribution in [0.15, 0.2) is 73.2 Å². The molecule has 3 aromatic rings. The van der Waals surface area contributed by atoms with Crippen LogP contribution < -0.4 is 10.2 Å². The molecule has 0 saturated heterocycles. The highest BCUT2D eigenvalue weighted by Gasteiger charge is 2.36. The number of carbonyl (C=O) groups is 2. The first-order valence-electron chi connectivity index (χ1n) is 9.69. The van der Waals surface area contributed by atoms with E-state index in [0.29, 0.717) is 18.1 Å². The summed E-state index contributed by atoms with van der Waals surface area (Å²) in [4.78, 5) is 26.6. The first kappa shape index (κ1) is 19.6. The quantitative estimate of drug-likeness (QED) is 0.649. The molecule has 0 aliphatic carbocycles. The maximum atomic E-state index is 13.3. The fraction of sp³-hybridized carbons (Fsp3) is 0.174. The van der Waals surface area contributed by atoms with Gasteiger partial charge in [0.2, 0.25) is 5.91 Å². The second kappa shape index (κ2) is 7.94. The van der Waals surface area contributed by atoms with Gasteiger partial charge >= 0.3 is 0 Å². The van der Waals surface area contributed by atoms with Crippen molar-refractivity contribution in [3.8, 4) is 5.69 Å².